The third-order valence-electron chi connectivity index (χ3n) is 5.91. The van der Waals surface area contributed by atoms with Crippen LogP contribution in [0, 0.1) is 12.7 Å². The van der Waals surface area contributed by atoms with Crippen molar-refractivity contribution in [1.82, 2.24) is 24.8 Å². The van der Waals surface area contributed by atoms with E-state index in [-0.39, 0.29) is 23.3 Å². The SMILES string of the molecule is Cc1cc2c(NC3(C)CC3)nc(C(=O)N3CCN(c4ncc(F)cn4)CC3C)nc2o1. The third-order valence-corrected chi connectivity index (χ3v) is 5.91. The number of hydrogen-bond donors (Lipinski definition) is 1. The molecule has 1 aliphatic heterocycles. The fraction of sp³-hybridized carbons (Fsp3) is 0.476. The Hall–Kier alpha value is -3.30. The van der Waals surface area contributed by atoms with E-state index in [0.29, 0.717) is 37.1 Å². The highest BCUT2D eigenvalue weighted by Crippen LogP contribution is 2.39. The monoisotopic (exact) mass is 425 g/mol. The van der Waals surface area contributed by atoms with E-state index in [4.69, 9.17) is 4.42 Å². The van der Waals surface area contributed by atoms with E-state index >= 15 is 0 Å². The number of carbonyl (C=O) groups excluding carboxylic acids is 1. The minimum Gasteiger partial charge on any atom is -0.443 e. The van der Waals surface area contributed by atoms with Crippen LogP contribution in [0.1, 0.15) is 43.1 Å². The standard InChI is InChI=1S/C21H24FN7O2/c1-12-11-28(20-23-9-14(22)10-24-20)6-7-29(12)19(30)17-25-16(27-21(3)4-5-21)15-8-13(2)31-18(15)26-17/h8-10,12H,4-7,11H2,1-3H3,(H,25,26,27). The van der Waals surface area contributed by atoms with Gasteiger partial charge >= 0.3 is 0 Å². The van der Waals surface area contributed by atoms with Gasteiger partial charge in [0.1, 0.15) is 11.6 Å². The first kappa shape index (κ1) is 19.7. The second-order valence-corrected chi connectivity index (χ2v) is 8.65. The molecule has 1 N–H and O–H groups in total. The first-order chi connectivity index (χ1) is 14.8. The summed E-state index contributed by atoms with van der Waals surface area (Å²) in [6.45, 7) is 7.46. The normalized spacial score (nSPS) is 20.2. The molecule has 162 valence electrons. The van der Waals surface area contributed by atoms with Gasteiger partial charge in [0.2, 0.25) is 17.5 Å². The van der Waals surface area contributed by atoms with Crippen LogP contribution in [0.2, 0.25) is 0 Å². The molecule has 2 aliphatic rings. The van der Waals surface area contributed by atoms with Gasteiger partial charge in [0, 0.05) is 31.2 Å². The van der Waals surface area contributed by atoms with Crippen molar-refractivity contribution >= 4 is 28.8 Å². The molecule has 4 heterocycles. The molecule has 0 spiro atoms. The van der Waals surface area contributed by atoms with E-state index in [9.17, 15) is 9.18 Å². The van der Waals surface area contributed by atoms with Gasteiger partial charge in [-0.25, -0.2) is 19.3 Å². The lowest BCUT2D eigenvalue weighted by Gasteiger charge is -2.39. The molecule has 1 atom stereocenters. The molecule has 31 heavy (non-hydrogen) atoms. The number of piperazine rings is 1. The predicted octanol–water partition coefficient (Wildman–Crippen LogP) is 2.78. The number of halogens is 1. The van der Waals surface area contributed by atoms with Crippen LogP contribution in [0.3, 0.4) is 0 Å². The van der Waals surface area contributed by atoms with Crippen LogP contribution in [-0.2, 0) is 0 Å². The summed E-state index contributed by atoms with van der Waals surface area (Å²) in [5.41, 5.74) is 0.412. The Kier molecular flexibility index (Phi) is 4.53. The molecule has 0 bridgehead atoms. The molecule has 1 amide bonds. The zero-order valence-electron chi connectivity index (χ0n) is 17.7. The molecule has 5 rings (SSSR count). The average Bonchev–Trinajstić information content (AvgIpc) is 3.33. The molecule has 0 radical (unpaired) electrons. The molecule has 2 fully saturated rings. The van der Waals surface area contributed by atoms with Crippen molar-refractivity contribution in [2.45, 2.75) is 45.2 Å². The summed E-state index contributed by atoms with van der Waals surface area (Å²) < 4.78 is 18.8. The van der Waals surface area contributed by atoms with Crippen molar-refractivity contribution < 1.29 is 13.6 Å². The lowest BCUT2D eigenvalue weighted by atomic mass is 10.2. The molecule has 3 aromatic heterocycles. The molecule has 1 saturated heterocycles. The molecule has 1 aliphatic carbocycles. The number of nitrogens with zero attached hydrogens (tertiary/aromatic N) is 6. The molecule has 1 unspecified atom stereocenters. The lowest BCUT2D eigenvalue weighted by Crippen LogP contribution is -2.54. The van der Waals surface area contributed by atoms with E-state index in [2.05, 4.69) is 32.2 Å². The van der Waals surface area contributed by atoms with Crippen molar-refractivity contribution in [2.75, 3.05) is 29.9 Å². The molecule has 9 nitrogen and oxygen atoms in total. The summed E-state index contributed by atoms with van der Waals surface area (Å²) in [5, 5.41) is 4.24. The molecule has 3 aromatic rings. The molecular formula is C21H24FN7O2. The Morgan fingerprint density at radius 2 is 2.00 bits per heavy atom. The van der Waals surface area contributed by atoms with Crippen molar-refractivity contribution in [3.8, 4) is 0 Å². The minimum atomic E-state index is -0.476. The maximum Gasteiger partial charge on any atom is 0.292 e. The topological polar surface area (TPSA) is 100 Å². The second kappa shape index (κ2) is 7.14. The molecule has 1 saturated carbocycles. The summed E-state index contributed by atoms with van der Waals surface area (Å²) >= 11 is 0. The van der Waals surface area contributed by atoms with Gasteiger partial charge in [-0.2, -0.15) is 4.98 Å². The predicted molar refractivity (Wildman–Crippen MR) is 113 cm³/mol. The zero-order chi connectivity index (χ0) is 21.8. The van der Waals surface area contributed by atoms with Crippen LogP contribution in [0.5, 0.6) is 0 Å². The number of anilines is 2. The van der Waals surface area contributed by atoms with Crippen LogP contribution in [0.15, 0.2) is 22.9 Å². The van der Waals surface area contributed by atoms with Crippen LogP contribution in [0.25, 0.3) is 11.1 Å². The van der Waals surface area contributed by atoms with Gasteiger partial charge in [-0.05, 0) is 39.7 Å². The number of nitrogens with one attached hydrogen (secondary N) is 1. The number of fused-ring (bicyclic) bond motifs is 1. The highest BCUT2D eigenvalue weighted by molar-refractivity contribution is 5.95. The number of rotatable bonds is 4. The summed E-state index contributed by atoms with van der Waals surface area (Å²) in [6.07, 6.45) is 4.41. The smallest absolute Gasteiger partial charge is 0.292 e. The van der Waals surface area contributed by atoms with Gasteiger partial charge in [0.05, 0.1) is 17.8 Å². The fourth-order valence-corrected chi connectivity index (χ4v) is 3.87. The number of aromatic nitrogens is 4. The van der Waals surface area contributed by atoms with E-state index in [1.807, 2.05) is 24.8 Å². The van der Waals surface area contributed by atoms with E-state index in [1.54, 1.807) is 4.90 Å². The number of hydrogen-bond acceptors (Lipinski definition) is 8. The first-order valence-corrected chi connectivity index (χ1v) is 10.4. The number of furan rings is 1. The fourth-order valence-electron chi connectivity index (χ4n) is 3.87. The van der Waals surface area contributed by atoms with E-state index < -0.39 is 5.82 Å². The highest BCUT2D eigenvalue weighted by atomic mass is 19.1. The Balaban J connectivity index is 1.39. The number of carbonyl (C=O) groups is 1. The van der Waals surface area contributed by atoms with Crippen LogP contribution < -0.4 is 10.2 Å². The summed E-state index contributed by atoms with van der Waals surface area (Å²) in [6, 6.07) is 1.77. The zero-order valence-corrected chi connectivity index (χ0v) is 17.7. The lowest BCUT2D eigenvalue weighted by molar-refractivity contribution is 0.0660. The molecule has 10 heteroatoms. The van der Waals surface area contributed by atoms with Gasteiger partial charge in [-0.15, -0.1) is 0 Å². The third kappa shape index (κ3) is 3.77. The van der Waals surface area contributed by atoms with E-state index in [0.717, 1.165) is 36.4 Å². The maximum atomic E-state index is 13.3. The Bertz CT molecular complexity index is 1140. The Labute approximate surface area is 178 Å². The first-order valence-electron chi connectivity index (χ1n) is 10.4. The van der Waals surface area contributed by atoms with Crippen LogP contribution >= 0.6 is 0 Å². The van der Waals surface area contributed by atoms with Crippen molar-refractivity contribution in [3.63, 3.8) is 0 Å². The van der Waals surface area contributed by atoms with Crippen LogP contribution in [-0.4, -0.2) is 62.0 Å². The number of aryl methyl sites for hydroxylation is 1. The summed E-state index contributed by atoms with van der Waals surface area (Å²) in [4.78, 5) is 34.1. The summed E-state index contributed by atoms with van der Waals surface area (Å²) in [5.74, 6) is 1.21. The van der Waals surface area contributed by atoms with Gasteiger partial charge in [0.25, 0.3) is 5.91 Å². The summed E-state index contributed by atoms with van der Waals surface area (Å²) in [7, 11) is 0. The highest BCUT2D eigenvalue weighted by Gasteiger charge is 2.38. The quantitative estimate of drug-likeness (QED) is 0.681. The average molecular weight is 425 g/mol. The van der Waals surface area contributed by atoms with Gasteiger partial charge in [-0.3, -0.25) is 4.79 Å². The van der Waals surface area contributed by atoms with E-state index in [1.165, 1.54) is 0 Å². The largest absolute Gasteiger partial charge is 0.443 e. The maximum absolute atomic E-state index is 13.3. The van der Waals surface area contributed by atoms with Gasteiger partial charge in [0.15, 0.2) is 5.82 Å². The van der Waals surface area contributed by atoms with Crippen molar-refractivity contribution in [1.29, 1.82) is 0 Å². The van der Waals surface area contributed by atoms with Crippen molar-refractivity contribution in [3.05, 3.63) is 35.9 Å². The second-order valence-electron chi connectivity index (χ2n) is 8.65. The Morgan fingerprint density at radius 3 is 2.68 bits per heavy atom. The molecule has 0 aromatic carbocycles. The van der Waals surface area contributed by atoms with Gasteiger partial charge in [-0.1, -0.05) is 0 Å². The Morgan fingerprint density at radius 1 is 1.26 bits per heavy atom. The number of amides is 1. The van der Waals surface area contributed by atoms with Crippen LogP contribution in [0.4, 0.5) is 16.2 Å². The minimum absolute atomic E-state index is 0.000844. The van der Waals surface area contributed by atoms with Gasteiger partial charge < -0.3 is 19.5 Å². The molecular weight excluding hydrogens is 401 g/mol. The van der Waals surface area contributed by atoms with Crippen molar-refractivity contribution in [2.24, 2.45) is 0 Å².